The molecule has 0 bridgehead atoms. The Morgan fingerprint density at radius 1 is 1.57 bits per heavy atom. The van der Waals surface area contributed by atoms with Crippen molar-refractivity contribution in [2.24, 2.45) is 0 Å². The number of hydrogen-bond acceptors (Lipinski definition) is 4. The molecule has 4 heteroatoms. The third-order valence-electron chi connectivity index (χ3n) is 1.69. The number of thiophene rings is 1. The Bertz CT molecular complexity index is 218. The first-order valence-electron chi connectivity index (χ1n) is 4.62. The Morgan fingerprint density at radius 3 is 3.00 bits per heavy atom. The lowest BCUT2D eigenvalue weighted by Gasteiger charge is -2.14. The number of hydrogen-bond donors (Lipinski definition) is 0. The standard InChI is InChI=1S/C10H16O2S2/c1-3-12-9(6-11-2)7-14-10-4-5-13-8-10/h4-5,8-9H,3,6-7H2,1-2H3. The molecular formula is C10H16O2S2. The van der Waals surface area contributed by atoms with Gasteiger partial charge in [0, 0.05) is 29.7 Å². The molecule has 1 unspecified atom stereocenters. The highest BCUT2D eigenvalue weighted by atomic mass is 32.2. The normalized spacial score (nSPS) is 13.0. The predicted octanol–water partition coefficient (Wildman–Crippen LogP) is 2.89. The van der Waals surface area contributed by atoms with Gasteiger partial charge in [0.25, 0.3) is 0 Å². The van der Waals surface area contributed by atoms with Gasteiger partial charge in [0.05, 0.1) is 12.7 Å². The summed E-state index contributed by atoms with van der Waals surface area (Å²) in [5.74, 6) is 0.957. The maximum atomic E-state index is 5.54. The fraction of sp³-hybridized carbons (Fsp3) is 0.600. The molecule has 1 heterocycles. The highest BCUT2D eigenvalue weighted by Gasteiger charge is 2.08. The zero-order valence-electron chi connectivity index (χ0n) is 8.56. The van der Waals surface area contributed by atoms with Gasteiger partial charge in [-0.1, -0.05) is 0 Å². The van der Waals surface area contributed by atoms with Crippen molar-refractivity contribution >= 4 is 23.1 Å². The van der Waals surface area contributed by atoms with Gasteiger partial charge in [0.1, 0.15) is 0 Å². The minimum absolute atomic E-state index is 0.204. The number of methoxy groups -OCH3 is 1. The molecular weight excluding hydrogens is 216 g/mol. The van der Waals surface area contributed by atoms with Gasteiger partial charge in [-0.3, -0.25) is 0 Å². The van der Waals surface area contributed by atoms with Crippen LogP contribution in [0.15, 0.2) is 21.7 Å². The summed E-state index contributed by atoms with van der Waals surface area (Å²) in [5, 5.41) is 4.24. The van der Waals surface area contributed by atoms with Gasteiger partial charge in [0.15, 0.2) is 0 Å². The van der Waals surface area contributed by atoms with Crippen LogP contribution in [0.1, 0.15) is 6.92 Å². The van der Waals surface area contributed by atoms with E-state index in [-0.39, 0.29) is 6.10 Å². The number of rotatable bonds is 7. The maximum absolute atomic E-state index is 5.54. The molecule has 0 fully saturated rings. The molecule has 0 aliphatic carbocycles. The zero-order chi connectivity index (χ0) is 10.2. The summed E-state index contributed by atoms with van der Waals surface area (Å²) in [6.45, 7) is 3.43. The fourth-order valence-corrected chi connectivity index (χ4v) is 2.87. The van der Waals surface area contributed by atoms with E-state index in [1.165, 1.54) is 4.90 Å². The lowest BCUT2D eigenvalue weighted by atomic mass is 10.4. The quantitative estimate of drug-likeness (QED) is 0.673. The van der Waals surface area contributed by atoms with Gasteiger partial charge in [-0.25, -0.2) is 0 Å². The third-order valence-corrected chi connectivity index (χ3v) is 3.64. The van der Waals surface area contributed by atoms with E-state index in [1.807, 2.05) is 18.7 Å². The predicted molar refractivity (Wildman–Crippen MR) is 62.3 cm³/mol. The summed E-state index contributed by atoms with van der Waals surface area (Å²) >= 11 is 3.55. The Balaban J connectivity index is 2.25. The Labute approximate surface area is 93.6 Å². The first-order chi connectivity index (χ1) is 6.86. The van der Waals surface area contributed by atoms with E-state index < -0.39 is 0 Å². The van der Waals surface area contributed by atoms with Gasteiger partial charge >= 0.3 is 0 Å². The Hall–Kier alpha value is -0.0300. The van der Waals surface area contributed by atoms with Crippen molar-refractivity contribution in [3.05, 3.63) is 16.8 Å². The zero-order valence-corrected chi connectivity index (χ0v) is 10.2. The molecule has 0 saturated heterocycles. The van der Waals surface area contributed by atoms with E-state index in [2.05, 4.69) is 16.8 Å². The van der Waals surface area contributed by atoms with Gasteiger partial charge in [-0.2, -0.15) is 11.3 Å². The van der Waals surface area contributed by atoms with Crippen LogP contribution in [0, 0.1) is 0 Å². The SMILES string of the molecule is CCOC(COC)CSc1ccsc1. The molecule has 1 aromatic heterocycles. The molecule has 80 valence electrons. The lowest BCUT2D eigenvalue weighted by Crippen LogP contribution is -2.21. The van der Waals surface area contributed by atoms with Crippen LogP contribution in [-0.4, -0.2) is 32.2 Å². The molecule has 1 rings (SSSR count). The third kappa shape index (κ3) is 4.46. The molecule has 0 aliphatic rings. The summed E-state index contributed by atoms with van der Waals surface area (Å²) in [5.41, 5.74) is 0. The number of thioether (sulfide) groups is 1. The van der Waals surface area contributed by atoms with Crippen LogP contribution in [0.2, 0.25) is 0 Å². The van der Waals surface area contributed by atoms with Crippen LogP contribution < -0.4 is 0 Å². The summed E-state index contributed by atoms with van der Waals surface area (Å²) < 4.78 is 10.6. The molecule has 2 nitrogen and oxygen atoms in total. The summed E-state index contributed by atoms with van der Waals surface area (Å²) in [7, 11) is 1.71. The summed E-state index contributed by atoms with van der Waals surface area (Å²) in [4.78, 5) is 1.32. The second-order valence-electron chi connectivity index (χ2n) is 2.80. The van der Waals surface area contributed by atoms with Crippen molar-refractivity contribution in [2.45, 2.75) is 17.9 Å². The van der Waals surface area contributed by atoms with E-state index in [9.17, 15) is 0 Å². The van der Waals surface area contributed by atoms with Crippen LogP contribution in [-0.2, 0) is 9.47 Å². The topological polar surface area (TPSA) is 18.5 Å². The average Bonchev–Trinajstić information content (AvgIpc) is 2.67. The molecule has 0 amide bonds. The molecule has 0 N–H and O–H groups in total. The monoisotopic (exact) mass is 232 g/mol. The Morgan fingerprint density at radius 2 is 2.43 bits per heavy atom. The van der Waals surface area contributed by atoms with Gasteiger partial charge in [-0.05, 0) is 18.4 Å². The molecule has 1 atom stereocenters. The van der Waals surface area contributed by atoms with E-state index >= 15 is 0 Å². The van der Waals surface area contributed by atoms with E-state index in [0.29, 0.717) is 6.61 Å². The van der Waals surface area contributed by atoms with Crippen molar-refractivity contribution < 1.29 is 9.47 Å². The maximum Gasteiger partial charge on any atom is 0.0901 e. The molecule has 0 aromatic carbocycles. The van der Waals surface area contributed by atoms with Crippen LogP contribution in [0.3, 0.4) is 0 Å². The smallest absolute Gasteiger partial charge is 0.0901 e. The second kappa shape index (κ2) is 7.29. The minimum atomic E-state index is 0.204. The first-order valence-corrected chi connectivity index (χ1v) is 6.55. The molecule has 14 heavy (non-hydrogen) atoms. The van der Waals surface area contributed by atoms with Gasteiger partial charge < -0.3 is 9.47 Å². The number of ether oxygens (including phenoxy) is 2. The van der Waals surface area contributed by atoms with E-state index in [0.717, 1.165) is 12.4 Å². The van der Waals surface area contributed by atoms with Gasteiger partial charge in [0.2, 0.25) is 0 Å². The van der Waals surface area contributed by atoms with Crippen molar-refractivity contribution in [1.82, 2.24) is 0 Å². The minimum Gasteiger partial charge on any atom is -0.382 e. The lowest BCUT2D eigenvalue weighted by molar-refractivity contribution is 0.0183. The average molecular weight is 232 g/mol. The molecule has 0 saturated carbocycles. The Kier molecular flexibility index (Phi) is 6.27. The van der Waals surface area contributed by atoms with Crippen LogP contribution >= 0.6 is 23.1 Å². The van der Waals surface area contributed by atoms with Crippen LogP contribution in [0.5, 0.6) is 0 Å². The van der Waals surface area contributed by atoms with Crippen LogP contribution in [0.4, 0.5) is 0 Å². The van der Waals surface area contributed by atoms with Crippen molar-refractivity contribution in [3.63, 3.8) is 0 Å². The van der Waals surface area contributed by atoms with Crippen molar-refractivity contribution in [3.8, 4) is 0 Å². The second-order valence-corrected chi connectivity index (χ2v) is 4.68. The summed E-state index contributed by atoms with van der Waals surface area (Å²) in [6, 6.07) is 2.13. The fourth-order valence-electron chi connectivity index (χ4n) is 1.09. The molecule has 0 aliphatic heterocycles. The largest absolute Gasteiger partial charge is 0.382 e. The summed E-state index contributed by atoms with van der Waals surface area (Å²) in [6.07, 6.45) is 0.204. The van der Waals surface area contributed by atoms with Crippen molar-refractivity contribution in [2.75, 3.05) is 26.1 Å². The molecule has 1 aromatic rings. The highest BCUT2D eigenvalue weighted by Crippen LogP contribution is 2.22. The van der Waals surface area contributed by atoms with Gasteiger partial charge in [-0.15, -0.1) is 11.8 Å². The van der Waals surface area contributed by atoms with E-state index in [4.69, 9.17) is 9.47 Å². The van der Waals surface area contributed by atoms with Crippen molar-refractivity contribution in [1.29, 1.82) is 0 Å². The van der Waals surface area contributed by atoms with Crippen LogP contribution in [0.25, 0.3) is 0 Å². The highest BCUT2D eigenvalue weighted by molar-refractivity contribution is 7.99. The first kappa shape index (κ1) is 12.0. The van der Waals surface area contributed by atoms with E-state index in [1.54, 1.807) is 18.4 Å². The molecule has 0 radical (unpaired) electrons. The molecule has 0 spiro atoms.